The van der Waals surface area contributed by atoms with Crippen LogP contribution in [-0.4, -0.2) is 39.9 Å². The highest BCUT2D eigenvalue weighted by Gasteiger charge is 2.18. The summed E-state index contributed by atoms with van der Waals surface area (Å²) in [5.41, 5.74) is 11.9. The van der Waals surface area contributed by atoms with Crippen molar-refractivity contribution in [1.29, 1.82) is 0 Å². The van der Waals surface area contributed by atoms with E-state index in [1.54, 1.807) is 12.4 Å². The number of hydrogen-bond donors (Lipinski definition) is 0. The maximum Gasteiger partial charge on any atom is 0.167 e. The number of aromatic nitrogens is 8. The molecule has 0 aliphatic rings. The van der Waals surface area contributed by atoms with Gasteiger partial charge >= 0.3 is 0 Å². The maximum atomic E-state index is 5.28. The summed E-state index contributed by atoms with van der Waals surface area (Å²) in [4.78, 5) is 39.8. The fraction of sp³-hybridized carbons (Fsp3) is 0.0333. The smallest absolute Gasteiger partial charge is 0.167 e. The average Bonchev–Trinajstić information content (AvgIpc) is 3.40. The quantitative estimate of drug-likeness (QED) is 0.139. The highest BCUT2D eigenvalue weighted by molar-refractivity contribution is 6.14. The van der Waals surface area contributed by atoms with Crippen molar-refractivity contribution >= 4 is 32.3 Å². The molecule has 0 saturated heterocycles. The Morgan fingerprint density at radius 1 is 0.265 bits per heavy atom. The first-order valence-electron chi connectivity index (χ1n) is 22.5. The van der Waals surface area contributed by atoms with Gasteiger partial charge in [0.15, 0.2) is 29.1 Å². The van der Waals surface area contributed by atoms with E-state index in [4.69, 9.17) is 39.9 Å². The van der Waals surface area contributed by atoms with Crippen LogP contribution >= 0.6 is 0 Å². The normalized spacial score (nSPS) is 11.4. The van der Waals surface area contributed by atoms with E-state index in [-0.39, 0.29) is 0 Å². The standard InChI is InChI=1S/C60H40N8/c1-37-27-38(2)65-58(64-37)46-25-26-55(61-34-46)48-30-47(54-33-43-17-8-9-20-51(43)52-21-10-11-22-53(52)54)31-49(32-48)59-66-57(44-19-12-18-42(28-44)39-13-4-3-5-14-39)67-60(68-59)50-35-62-56(63-36-50)45-24-23-40-15-6-7-16-41(40)29-45/h3-36H,1-2H3. The van der Waals surface area contributed by atoms with E-state index in [1.807, 2.05) is 80.7 Å². The minimum atomic E-state index is 0.458. The number of nitrogens with zero attached hydrogens (tertiary/aromatic N) is 8. The van der Waals surface area contributed by atoms with Crippen LogP contribution in [-0.2, 0) is 0 Å². The number of rotatable bonds is 8. The zero-order valence-corrected chi connectivity index (χ0v) is 37.2. The Balaban J connectivity index is 1.05. The summed E-state index contributed by atoms with van der Waals surface area (Å²) in [6.45, 7) is 3.96. The second-order valence-corrected chi connectivity index (χ2v) is 17.0. The van der Waals surface area contributed by atoms with Gasteiger partial charge in [-0.2, -0.15) is 0 Å². The molecular formula is C60H40N8. The molecule has 8 aromatic carbocycles. The van der Waals surface area contributed by atoms with Crippen molar-refractivity contribution < 1.29 is 0 Å². The van der Waals surface area contributed by atoms with Gasteiger partial charge in [-0.15, -0.1) is 0 Å². The van der Waals surface area contributed by atoms with Crippen LogP contribution < -0.4 is 0 Å². The number of pyridine rings is 1. The van der Waals surface area contributed by atoms with Gasteiger partial charge in [-0.3, -0.25) is 4.98 Å². The molecule has 0 unspecified atom stereocenters. The molecule has 0 bridgehead atoms. The Morgan fingerprint density at radius 3 is 1.57 bits per heavy atom. The minimum Gasteiger partial charge on any atom is -0.255 e. The Kier molecular flexibility index (Phi) is 10.1. The number of aryl methyl sites for hydroxylation is 2. The Bertz CT molecular complexity index is 3850. The summed E-state index contributed by atoms with van der Waals surface area (Å²) in [7, 11) is 0. The Labute approximate surface area is 392 Å². The van der Waals surface area contributed by atoms with E-state index in [0.717, 1.165) is 88.7 Å². The second kappa shape index (κ2) is 17.0. The highest BCUT2D eigenvalue weighted by Crippen LogP contribution is 2.39. The molecule has 0 aliphatic carbocycles. The Hall–Kier alpha value is -9.14. The number of benzene rings is 8. The molecule has 320 valence electrons. The third-order valence-electron chi connectivity index (χ3n) is 12.4. The van der Waals surface area contributed by atoms with Crippen molar-refractivity contribution in [2.45, 2.75) is 13.8 Å². The second-order valence-electron chi connectivity index (χ2n) is 17.0. The molecule has 0 aliphatic heterocycles. The summed E-state index contributed by atoms with van der Waals surface area (Å²) < 4.78 is 0. The van der Waals surface area contributed by atoms with Crippen molar-refractivity contribution in [2.24, 2.45) is 0 Å². The van der Waals surface area contributed by atoms with Gasteiger partial charge in [0.1, 0.15) is 0 Å². The van der Waals surface area contributed by atoms with Crippen molar-refractivity contribution in [1.82, 2.24) is 39.9 Å². The van der Waals surface area contributed by atoms with Gasteiger partial charge in [0.05, 0.1) is 11.3 Å². The van der Waals surface area contributed by atoms with Crippen molar-refractivity contribution in [3.63, 3.8) is 0 Å². The van der Waals surface area contributed by atoms with Gasteiger partial charge in [0.2, 0.25) is 0 Å². The van der Waals surface area contributed by atoms with E-state index in [0.29, 0.717) is 34.7 Å². The van der Waals surface area contributed by atoms with Gasteiger partial charge in [-0.05, 0) is 123 Å². The zero-order chi connectivity index (χ0) is 45.6. The van der Waals surface area contributed by atoms with Crippen molar-refractivity contribution in [3.8, 4) is 90.5 Å². The van der Waals surface area contributed by atoms with Crippen LogP contribution in [0, 0.1) is 13.8 Å². The van der Waals surface area contributed by atoms with Gasteiger partial charge < -0.3 is 0 Å². The first-order chi connectivity index (χ1) is 33.5. The van der Waals surface area contributed by atoms with E-state index in [2.05, 4.69) is 127 Å². The molecule has 4 heterocycles. The van der Waals surface area contributed by atoms with Crippen molar-refractivity contribution in [2.75, 3.05) is 0 Å². The van der Waals surface area contributed by atoms with Crippen LogP contribution in [0.3, 0.4) is 0 Å². The molecule has 0 fully saturated rings. The lowest BCUT2D eigenvalue weighted by molar-refractivity contribution is 1.06. The molecule has 0 N–H and O–H groups in total. The third kappa shape index (κ3) is 7.80. The number of fused-ring (bicyclic) bond motifs is 4. The minimum absolute atomic E-state index is 0.458. The predicted octanol–water partition coefficient (Wildman–Crippen LogP) is 14.3. The van der Waals surface area contributed by atoms with Crippen LogP contribution in [0.25, 0.3) is 123 Å². The van der Waals surface area contributed by atoms with Crippen LogP contribution in [0.5, 0.6) is 0 Å². The zero-order valence-electron chi connectivity index (χ0n) is 37.2. The molecule has 4 aromatic heterocycles. The molecule has 8 heteroatoms. The number of hydrogen-bond acceptors (Lipinski definition) is 8. The SMILES string of the molecule is Cc1cc(C)nc(-c2ccc(-c3cc(-c4nc(-c5cnc(-c6ccc7ccccc7c6)nc5)nc(-c5cccc(-c6ccccc6)c5)n4)cc(-c4cc5ccccc5c5ccccc45)c3)nc2)n1. The summed E-state index contributed by atoms with van der Waals surface area (Å²) in [5.74, 6) is 2.75. The maximum absolute atomic E-state index is 5.28. The largest absolute Gasteiger partial charge is 0.255 e. The molecule has 12 aromatic rings. The van der Waals surface area contributed by atoms with E-state index < -0.39 is 0 Å². The average molecular weight is 873 g/mol. The first kappa shape index (κ1) is 40.4. The Morgan fingerprint density at radius 2 is 0.809 bits per heavy atom. The molecule has 0 spiro atoms. The lowest BCUT2D eigenvalue weighted by atomic mass is 9.91. The van der Waals surface area contributed by atoms with Crippen molar-refractivity contribution in [3.05, 3.63) is 218 Å². The molecule has 68 heavy (non-hydrogen) atoms. The summed E-state index contributed by atoms with van der Waals surface area (Å²) in [6, 6.07) is 65.2. The lowest BCUT2D eigenvalue weighted by Crippen LogP contribution is -2.02. The molecule has 8 nitrogen and oxygen atoms in total. The first-order valence-corrected chi connectivity index (χ1v) is 22.5. The molecule has 12 rings (SSSR count). The lowest BCUT2D eigenvalue weighted by Gasteiger charge is -2.15. The molecular weight excluding hydrogens is 833 g/mol. The van der Waals surface area contributed by atoms with E-state index in [9.17, 15) is 0 Å². The van der Waals surface area contributed by atoms with Crippen LogP contribution in [0.15, 0.2) is 207 Å². The highest BCUT2D eigenvalue weighted by atomic mass is 15.0. The summed E-state index contributed by atoms with van der Waals surface area (Å²) in [6.07, 6.45) is 5.45. The summed E-state index contributed by atoms with van der Waals surface area (Å²) >= 11 is 0. The fourth-order valence-corrected chi connectivity index (χ4v) is 9.06. The van der Waals surface area contributed by atoms with E-state index in [1.165, 1.54) is 10.8 Å². The fourth-order valence-electron chi connectivity index (χ4n) is 9.06. The van der Waals surface area contributed by atoms with Gasteiger partial charge in [0, 0.05) is 57.8 Å². The molecule has 0 radical (unpaired) electrons. The molecule has 0 atom stereocenters. The topological polar surface area (TPSA) is 103 Å². The predicted molar refractivity (Wildman–Crippen MR) is 274 cm³/mol. The third-order valence-corrected chi connectivity index (χ3v) is 12.4. The van der Waals surface area contributed by atoms with E-state index >= 15 is 0 Å². The van der Waals surface area contributed by atoms with Crippen LogP contribution in [0.2, 0.25) is 0 Å². The van der Waals surface area contributed by atoms with Crippen LogP contribution in [0.1, 0.15) is 11.4 Å². The molecule has 0 saturated carbocycles. The van der Waals surface area contributed by atoms with Crippen LogP contribution in [0.4, 0.5) is 0 Å². The van der Waals surface area contributed by atoms with Gasteiger partial charge in [-0.1, -0.05) is 133 Å². The van der Waals surface area contributed by atoms with Gasteiger partial charge in [-0.25, -0.2) is 34.9 Å². The molecule has 0 amide bonds. The van der Waals surface area contributed by atoms with Gasteiger partial charge in [0.25, 0.3) is 0 Å². The monoisotopic (exact) mass is 872 g/mol. The summed E-state index contributed by atoms with van der Waals surface area (Å²) in [5, 5.41) is 6.96.